The van der Waals surface area contributed by atoms with E-state index in [-0.39, 0.29) is 0 Å². The fourth-order valence-corrected chi connectivity index (χ4v) is 3.51. The zero-order chi connectivity index (χ0) is 18.2. The molecular weight excluding hydrogens is 344 g/mol. The first-order valence-electron chi connectivity index (χ1n) is 9.17. The third-order valence-electron chi connectivity index (χ3n) is 4.41. The van der Waals surface area contributed by atoms with Gasteiger partial charge in [0.25, 0.3) is 0 Å². The molecule has 26 heavy (non-hydrogen) atoms. The highest BCUT2D eigenvalue weighted by atomic mass is 32.1. The minimum Gasteiger partial charge on any atom is -0.357 e. The number of anilines is 1. The van der Waals surface area contributed by atoms with Crippen LogP contribution in [0.2, 0.25) is 0 Å². The molecule has 3 rings (SSSR count). The molecule has 0 aromatic carbocycles. The Kier molecular flexibility index (Phi) is 6.85. The zero-order valence-electron chi connectivity index (χ0n) is 15.6. The minimum absolute atomic E-state index is 0.642. The summed E-state index contributed by atoms with van der Waals surface area (Å²) >= 11 is 1.75. The van der Waals surface area contributed by atoms with Gasteiger partial charge in [-0.1, -0.05) is 6.07 Å². The number of likely N-dealkylation sites (N-methyl/N-ethyl adjacent to an activating group) is 1. The van der Waals surface area contributed by atoms with Gasteiger partial charge in [0.15, 0.2) is 5.96 Å². The topological polar surface area (TPSA) is 55.8 Å². The lowest BCUT2D eigenvalue weighted by molar-refractivity contribution is 0.312. The van der Waals surface area contributed by atoms with E-state index < -0.39 is 0 Å². The second-order valence-electron chi connectivity index (χ2n) is 6.44. The van der Waals surface area contributed by atoms with Crippen LogP contribution in [-0.4, -0.2) is 55.6 Å². The van der Waals surface area contributed by atoms with Crippen LogP contribution in [0.4, 0.5) is 5.82 Å². The summed E-state index contributed by atoms with van der Waals surface area (Å²) in [6.07, 6.45) is 1.89. The van der Waals surface area contributed by atoms with Gasteiger partial charge in [-0.3, -0.25) is 0 Å². The molecule has 0 amide bonds. The molecule has 2 N–H and O–H groups in total. The molecule has 7 heteroatoms. The van der Waals surface area contributed by atoms with Gasteiger partial charge in [-0.2, -0.15) is 0 Å². The maximum Gasteiger partial charge on any atom is 0.191 e. The normalized spacial score (nSPS) is 15.9. The Morgan fingerprint density at radius 3 is 2.81 bits per heavy atom. The van der Waals surface area contributed by atoms with E-state index in [4.69, 9.17) is 4.99 Å². The van der Waals surface area contributed by atoms with Gasteiger partial charge < -0.3 is 20.4 Å². The molecule has 1 aliphatic heterocycles. The molecule has 1 aliphatic rings. The molecule has 0 saturated carbocycles. The van der Waals surface area contributed by atoms with E-state index in [1.54, 1.807) is 11.3 Å². The van der Waals surface area contributed by atoms with E-state index >= 15 is 0 Å². The molecule has 1 saturated heterocycles. The molecule has 3 heterocycles. The molecule has 0 radical (unpaired) electrons. The van der Waals surface area contributed by atoms with Gasteiger partial charge in [0, 0.05) is 43.8 Å². The van der Waals surface area contributed by atoms with Crippen LogP contribution in [0.25, 0.3) is 0 Å². The van der Waals surface area contributed by atoms with Crippen LogP contribution in [0.3, 0.4) is 0 Å². The fourth-order valence-electron chi connectivity index (χ4n) is 2.86. The van der Waals surface area contributed by atoms with Crippen molar-refractivity contribution >= 4 is 23.1 Å². The fraction of sp³-hybridized carbons (Fsp3) is 0.474. The van der Waals surface area contributed by atoms with Crippen LogP contribution >= 0.6 is 11.3 Å². The summed E-state index contributed by atoms with van der Waals surface area (Å²) in [5.41, 5.74) is 1.18. The van der Waals surface area contributed by atoms with Crippen molar-refractivity contribution < 1.29 is 0 Å². The summed E-state index contributed by atoms with van der Waals surface area (Å²) in [5.74, 6) is 1.90. The number of hydrogen-bond donors (Lipinski definition) is 2. The lowest BCUT2D eigenvalue weighted by Gasteiger charge is -2.33. The van der Waals surface area contributed by atoms with Crippen LogP contribution in [0.1, 0.15) is 17.4 Å². The van der Waals surface area contributed by atoms with Crippen molar-refractivity contribution in [1.29, 1.82) is 0 Å². The van der Waals surface area contributed by atoms with Crippen molar-refractivity contribution in [2.75, 3.05) is 44.7 Å². The molecule has 2 aromatic rings. The molecule has 6 nitrogen and oxygen atoms in total. The predicted molar refractivity (Wildman–Crippen MR) is 110 cm³/mol. The number of rotatable bonds is 6. The van der Waals surface area contributed by atoms with E-state index in [1.165, 1.54) is 10.4 Å². The van der Waals surface area contributed by atoms with E-state index in [9.17, 15) is 0 Å². The summed E-state index contributed by atoms with van der Waals surface area (Å²) in [7, 11) is 2.17. The second-order valence-corrected chi connectivity index (χ2v) is 7.47. The Morgan fingerprint density at radius 1 is 1.23 bits per heavy atom. The highest BCUT2D eigenvalue weighted by molar-refractivity contribution is 7.09. The molecule has 0 unspecified atom stereocenters. The van der Waals surface area contributed by atoms with Crippen LogP contribution < -0.4 is 15.5 Å². The smallest absolute Gasteiger partial charge is 0.191 e. The van der Waals surface area contributed by atoms with Gasteiger partial charge >= 0.3 is 0 Å². The summed E-state index contributed by atoms with van der Waals surface area (Å²) in [4.78, 5) is 15.3. The summed E-state index contributed by atoms with van der Waals surface area (Å²) < 4.78 is 0. The summed E-state index contributed by atoms with van der Waals surface area (Å²) in [5, 5.41) is 8.80. The summed E-state index contributed by atoms with van der Waals surface area (Å²) in [6, 6.07) is 8.42. The second kappa shape index (κ2) is 9.54. The minimum atomic E-state index is 0.642. The predicted octanol–water partition coefficient (Wildman–Crippen LogP) is 2.15. The molecule has 0 spiro atoms. The van der Waals surface area contributed by atoms with E-state index in [1.807, 2.05) is 12.3 Å². The molecular formula is C19H28N6S. The SMILES string of the molecule is CCNC(=NCc1ccnc(N2CCN(C)CC2)c1)NCc1cccs1. The van der Waals surface area contributed by atoms with E-state index in [2.05, 4.69) is 63.0 Å². The number of nitrogens with one attached hydrogen (secondary N) is 2. The number of nitrogens with zero attached hydrogens (tertiary/aromatic N) is 4. The Bertz CT molecular complexity index is 692. The highest BCUT2D eigenvalue weighted by Crippen LogP contribution is 2.15. The zero-order valence-corrected chi connectivity index (χ0v) is 16.4. The Balaban J connectivity index is 1.60. The van der Waals surface area contributed by atoms with Gasteiger partial charge in [0.05, 0.1) is 13.1 Å². The summed E-state index contributed by atoms with van der Waals surface area (Å²) in [6.45, 7) is 8.60. The van der Waals surface area contributed by atoms with Gasteiger partial charge in [-0.25, -0.2) is 9.98 Å². The molecule has 0 atom stereocenters. The quantitative estimate of drug-likeness (QED) is 0.601. The van der Waals surface area contributed by atoms with Crippen molar-refractivity contribution in [3.63, 3.8) is 0 Å². The largest absolute Gasteiger partial charge is 0.357 e. The molecule has 2 aromatic heterocycles. The molecule has 0 aliphatic carbocycles. The van der Waals surface area contributed by atoms with E-state index in [0.717, 1.165) is 51.0 Å². The number of hydrogen-bond acceptors (Lipinski definition) is 5. The molecule has 140 valence electrons. The van der Waals surface area contributed by atoms with E-state index in [0.29, 0.717) is 6.54 Å². The Morgan fingerprint density at radius 2 is 2.08 bits per heavy atom. The van der Waals surface area contributed by atoms with Crippen LogP contribution in [0.5, 0.6) is 0 Å². The maximum atomic E-state index is 4.73. The lowest BCUT2D eigenvalue weighted by atomic mass is 10.2. The van der Waals surface area contributed by atoms with Crippen LogP contribution in [0.15, 0.2) is 40.8 Å². The van der Waals surface area contributed by atoms with Crippen molar-refractivity contribution in [3.05, 3.63) is 46.3 Å². The third kappa shape index (κ3) is 5.44. The maximum absolute atomic E-state index is 4.73. The van der Waals surface area contributed by atoms with Gasteiger partial charge in [0.1, 0.15) is 5.82 Å². The lowest BCUT2D eigenvalue weighted by Crippen LogP contribution is -2.44. The first kappa shape index (κ1) is 18.7. The Labute approximate surface area is 160 Å². The number of thiophene rings is 1. The number of guanidine groups is 1. The first-order chi connectivity index (χ1) is 12.7. The highest BCUT2D eigenvalue weighted by Gasteiger charge is 2.15. The van der Waals surface area contributed by atoms with Gasteiger partial charge in [-0.05, 0) is 43.1 Å². The number of pyridine rings is 1. The van der Waals surface area contributed by atoms with Crippen molar-refractivity contribution in [3.8, 4) is 0 Å². The van der Waals surface area contributed by atoms with Crippen molar-refractivity contribution in [2.45, 2.75) is 20.0 Å². The average Bonchev–Trinajstić information content (AvgIpc) is 3.18. The molecule has 0 bridgehead atoms. The first-order valence-corrected chi connectivity index (χ1v) is 10.1. The van der Waals surface area contributed by atoms with Crippen LogP contribution in [0, 0.1) is 0 Å². The van der Waals surface area contributed by atoms with Gasteiger partial charge in [-0.15, -0.1) is 11.3 Å². The number of aliphatic imine (C=N–C) groups is 1. The number of piperazine rings is 1. The van der Waals surface area contributed by atoms with Gasteiger partial charge in [0.2, 0.25) is 0 Å². The van der Waals surface area contributed by atoms with Crippen molar-refractivity contribution in [1.82, 2.24) is 20.5 Å². The monoisotopic (exact) mass is 372 g/mol. The standard InChI is InChI=1S/C19H28N6S/c1-3-20-19(23-15-17-5-4-12-26-17)22-14-16-6-7-21-18(13-16)25-10-8-24(2)9-11-25/h4-7,12-13H,3,8-11,14-15H2,1-2H3,(H2,20,22,23). The third-order valence-corrected chi connectivity index (χ3v) is 5.29. The van der Waals surface area contributed by atoms with Crippen LogP contribution in [-0.2, 0) is 13.1 Å². The molecule has 1 fully saturated rings. The average molecular weight is 373 g/mol. The Hall–Kier alpha value is -2.12. The number of aromatic nitrogens is 1. The van der Waals surface area contributed by atoms with Crippen molar-refractivity contribution in [2.24, 2.45) is 4.99 Å².